The minimum Gasteiger partial charge on any atom is -0.388 e. The third-order valence-electron chi connectivity index (χ3n) is 2.97. The predicted octanol–water partition coefficient (Wildman–Crippen LogP) is 3.14. The number of nitrogens with zero attached hydrogens (tertiary/aromatic N) is 1. The minimum atomic E-state index is -3.62. The molecule has 0 saturated carbocycles. The number of nitrogens with one attached hydrogen (secondary N) is 2. The van der Waals surface area contributed by atoms with Gasteiger partial charge in [0.2, 0.25) is 0 Å². The van der Waals surface area contributed by atoms with E-state index in [1.165, 1.54) is 11.3 Å². The van der Waals surface area contributed by atoms with Gasteiger partial charge in [-0.25, -0.2) is 13.4 Å². The summed E-state index contributed by atoms with van der Waals surface area (Å²) in [5.41, 5.74) is 1.64. The van der Waals surface area contributed by atoms with E-state index in [9.17, 15) is 8.42 Å². The highest BCUT2D eigenvalue weighted by Gasteiger charge is 2.16. The minimum absolute atomic E-state index is 0.209. The Morgan fingerprint density at radius 1 is 1.05 bits per heavy atom. The van der Waals surface area contributed by atoms with Crippen molar-refractivity contribution < 1.29 is 8.42 Å². The molecule has 21 heavy (non-hydrogen) atoms. The van der Waals surface area contributed by atoms with Crippen LogP contribution in [0, 0.1) is 0 Å². The molecule has 1 aromatic heterocycles. The lowest BCUT2D eigenvalue weighted by atomic mass is 10.3. The van der Waals surface area contributed by atoms with Gasteiger partial charge in [-0.05, 0) is 36.4 Å². The summed E-state index contributed by atoms with van der Waals surface area (Å²) >= 11 is 1.31. The molecule has 0 radical (unpaired) electrons. The van der Waals surface area contributed by atoms with E-state index in [-0.39, 0.29) is 4.90 Å². The van der Waals surface area contributed by atoms with Gasteiger partial charge in [0.25, 0.3) is 10.0 Å². The van der Waals surface area contributed by atoms with Crippen LogP contribution in [0.15, 0.2) is 53.4 Å². The standard InChI is InChI=1S/C14H13N3O2S2/c1-15-10-6-8-11(9-7-10)21(18,19)17-14-16-12-4-2-3-5-13(12)20-14/h2-9,15H,1H3,(H,16,17). The van der Waals surface area contributed by atoms with E-state index >= 15 is 0 Å². The van der Waals surface area contributed by atoms with E-state index in [0.717, 1.165) is 15.9 Å². The zero-order valence-corrected chi connectivity index (χ0v) is 12.8. The second-order valence-electron chi connectivity index (χ2n) is 4.37. The largest absolute Gasteiger partial charge is 0.388 e. The Balaban J connectivity index is 1.91. The Hall–Kier alpha value is -2.12. The Kier molecular flexibility index (Phi) is 3.52. The molecule has 2 aromatic carbocycles. The fourth-order valence-corrected chi connectivity index (χ4v) is 3.99. The molecule has 7 heteroatoms. The van der Waals surface area contributed by atoms with Crippen molar-refractivity contribution in [3.63, 3.8) is 0 Å². The summed E-state index contributed by atoms with van der Waals surface area (Å²) in [5.74, 6) is 0. The summed E-state index contributed by atoms with van der Waals surface area (Å²) < 4.78 is 28.1. The monoisotopic (exact) mass is 319 g/mol. The molecule has 0 unspecified atom stereocenters. The molecule has 2 N–H and O–H groups in total. The number of hydrogen-bond acceptors (Lipinski definition) is 5. The second-order valence-corrected chi connectivity index (χ2v) is 7.08. The zero-order chi connectivity index (χ0) is 14.9. The first-order valence-electron chi connectivity index (χ1n) is 6.25. The van der Waals surface area contributed by atoms with Crippen LogP contribution in [0.5, 0.6) is 0 Å². The first kappa shape index (κ1) is 13.8. The lowest BCUT2D eigenvalue weighted by molar-refractivity contribution is 0.601. The van der Waals surface area contributed by atoms with Gasteiger partial charge in [-0.15, -0.1) is 0 Å². The van der Waals surface area contributed by atoms with Gasteiger partial charge in [-0.1, -0.05) is 23.5 Å². The van der Waals surface area contributed by atoms with Crippen LogP contribution < -0.4 is 10.0 Å². The van der Waals surface area contributed by atoms with E-state index in [1.54, 1.807) is 31.3 Å². The molecule has 3 rings (SSSR count). The van der Waals surface area contributed by atoms with Crippen molar-refractivity contribution >= 4 is 42.4 Å². The predicted molar refractivity (Wildman–Crippen MR) is 86.4 cm³/mol. The highest BCUT2D eigenvalue weighted by atomic mass is 32.2. The van der Waals surface area contributed by atoms with Gasteiger partial charge in [0, 0.05) is 12.7 Å². The molecule has 1 heterocycles. The summed E-state index contributed by atoms with van der Waals surface area (Å²) in [7, 11) is -1.84. The lowest BCUT2D eigenvalue weighted by Crippen LogP contribution is -2.12. The van der Waals surface area contributed by atoms with E-state index in [0.29, 0.717) is 5.13 Å². The number of rotatable bonds is 4. The van der Waals surface area contributed by atoms with Crippen LogP contribution in [0.3, 0.4) is 0 Å². The summed E-state index contributed by atoms with van der Waals surface area (Å²) in [6.07, 6.45) is 0. The maximum absolute atomic E-state index is 12.3. The number of hydrogen-bond donors (Lipinski definition) is 2. The van der Waals surface area contributed by atoms with Crippen LogP contribution in [0.25, 0.3) is 10.2 Å². The van der Waals surface area contributed by atoms with Gasteiger partial charge < -0.3 is 5.32 Å². The van der Waals surface area contributed by atoms with Crippen LogP contribution in [-0.4, -0.2) is 20.4 Å². The molecular formula is C14H13N3O2S2. The number of aromatic nitrogens is 1. The molecule has 0 aliphatic carbocycles. The molecule has 0 atom stereocenters. The SMILES string of the molecule is CNc1ccc(S(=O)(=O)Nc2nc3ccccc3s2)cc1. The Morgan fingerprint density at radius 2 is 1.76 bits per heavy atom. The van der Waals surface area contributed by atoms with Gasteiger partial charge in [-0.3, -0.25) is 4.72 Å². The highest BCUT2D eigenvalue weighted by Crippen LogP contribution is 2.27. The van der Waals surface area contributed by atoms with Crippen molar-refractivity contribution in [1.82, 2.24) is 4.98 Å². The van der Waals surface area contributed by atoms with Gasteiger partial charge in [0.05, 0.1) is 15.1 Å². The lowest BCUT2D eigenvalue weighted by Gasteiger charge is -2.06. The fraction of sp³-hybridized carbons (Fsp3) is 0.0714. The van der Waals surface area contributed by atoms with Gasteiger partial charge >= 0.3 is 0 Å². The van der Waals surface area contributed by atoms with Crippen molar-refractivity contribution in [2.24, 2.45) is 0 Å². The van der Waals surface area contributed by atoms with Gasteiger partial charge in [-0.2, -0.15) is 0 Å². The van der Waals surface area contributed by atoms with Crippen molar-refractivity contribution in [2.45, 2.75) is 4.90 Å². The van der Waals surface area contributed by atoms with Crippen molar-refractivity contribution in [3.05, 3.63) is 48.5 Å². The second kappa shape index (κ2) is 5.34. The molecular weight excluding hydrogens is 306 g/mol. The molecule has 0 amide bonds. The van der Waals surface area contributed by atoms with Crippen LogP contribution in [0.4, 0.5) is 10.8 Å². The maximum Gasteiger partial charge on any atom is 0.263 e. The Bertz CT molecular complexity index is 838. The number of thiazole rings is 1. The average Bonchev–Trinajstić information content (AvgIpc) is 2.88. The first-order valence-corrected chi connectivity index (χ1v) is 8.55. The van der Waals surface area contributed by atoms with E-state index < -0.39 is 10.0 Å². The Morgan fingerprint density at radius 3 is 2.43 bits per heavy atom. The van der Waals surface area contributed by atoms with Crippen molar-refractivity contribution in [2.75, 3.05) is 17.1 Å². The number of fused-ring (bicyclic) bond motifs is 1. The molecule has 3 aromatic rings. The van der Waals surface area contributed by atoms with E-state index in [1.807, 2.05) is 24.3 Å². The van der Waals surface area contributed by atoms with Gasteiger partial charge in [0.15, 0.2) is 5.13 Å². The molecule has 0 saturated heterocycles. The van der Waals surface area contributed by atoms with E-state index in [2.05, 4.69) is 15.0 Å². The van der Waals surface area contributed by atoms with Crippen LogP contribution >= 0.6 is 11.3 Å². The summed E-state index contributed by atoms with van der Waals surface area (Å²) in [6.45, 7) is 0. The third-order valence-corrected chi connectivity index (χ3v) is 5.40. The topological polar surface area (TPSA) is 71.1 Å². The van der Waals surface area contributed by atoms with Crippen molar-refractivity contribution in [1.29, 1.82) is 0 Å². The van der Waals surface area contributed by atoms with E-state index in [4.69, 9.17) is 0 Å². The zero-order valence-electron chi connectivity index (χ0n) is 11.2. The molecule has 108 valence electrons. The summed E-state index contributed by atoms with van der Waals surface area (Å²) in [6, 6.07) is 14.1. The summed E-state index contributed by atoms with van der Waals surface area (Å²) in [4.78, 5) is 4.48. The fourth-order valence-electron chi connectivity index (χ4n) is 1.89. The molecule has 0 fully saturated rings. The average molecular weight is 319 g/mol. The molecule has 5 nitrogen and oxygen atoms in total. The maximum atomic E-state index is 12.3. The smallest absolute Gasteiger partial charge is 0.263 e. The van der Waals surface area contributed by atoms with Crippen LogP contribution in [-0.2, 0) is 10.0 Å². The quantitative estimate of drug-likeness (QED) is 0.775. The molecule has 0 spiro atoms. The Labute approximate surface area is 126 Å². The normalized spacial score (nSPS) is 11.5. The molecule has 0 bridgehead atoms. The molecule has 0 aliphatic heterocycles. The number of benzene rings is 2. The highest BCUT2D eigenvalue weighted by molar-refractivity contribution is 7.93. The molecule has 0 aliphatic rings. The van der Waals surface area contributed by atoms with Crippen LogP contribution in [0.1, 0.15) is 0 Å². The number of anilines is 2. The number of para-hydroxylation sites is 1. The summed E-state index contributed by atoms with van der Waals surface area (Å²) in [5, 5.41) is 3.32. The number of sulfonamides is 1. The van der Waals surface area contributed by atoms with Crippen molar-refractivity contribution in [3.8, 4) is 0 Å². The van der Waals surface area contributed by atoms with Crippen LogP contribution in [0.2, 0.25) is 0 Å². The third kappa shape index (κ3) is 2.84. The first-order chi connectivity index (χ1) is 10.1. The van der Waals surface area contributed by atoms with Gasteiger partial charge in [0.1, 0.15) is 0 Å².